The lowest BCUT2D eigenvalue weighted by Crippen LogP contribution is -2.39. The van der Waals surface area contributed by atoms with Crippen LogP contribution >= 0.6 is 0 Å². The molecule has 104 valence electrons. The summed E-state index contributed by atoms with van der Waals surface area (Å²) in [5.41, 5.74) is 2.45. The van der Waals surface area contributed by atoms with Gasteiger partial charge in [0.15, 0.2) is 0 Å². The molecule has 3 heteroatoms. The fourth-order valence-electron chi connectivity index (χ4n) is 2.93. The Morgan fingerprint density at radius 1 is 1.32 bits per heavy atom. The van der Waals surface area contributed by atoms with Gasteiger partial charge in [0.05, 0.1) is 11.3 Å². The monoisotopic (exact) mass is 261 g/mol. The molecule has 3 nitrogen and oxygen atoms in total. The molecule has 2 aliphatic heterocycles. The van der Waals surface area contributed by atoms with Crippen molar-refractivity contribution in [3.8, 4) is 5.75 Å². The van der Waals surface area contributed by atoms with Gasteiger partial charge < -0.3 is 14.8 Å². The van der Waals surface area contributed by atoms with Crippen LogP contribution in [0.15, 0.2) is 18.2 Å². The van der Waals surface area contributed by atoms with Crippen molar-refractivity contribution in [2.45, 2.75) is 44.6 Å². The molecular weight excluding hydrogens is 238 g/mol. The van der Waals surface area contributed by atoms with Crippen molar-refractivity contribution in [3.05, 3.63) is 23.8 Å². The number of hydrogen-bond donors (Lipinski definition) is 1. The average Bonchev–Trinajstić information content (AvgIpc) is 2.46. The molecule has 2 heterocycles. The highest BCUT2D eigenvalue weighted by Crippen LogP contribution is 2.33. The van der Waals surface area contributed by atoms with Gasteiger partial charge in [0.2, 0.25) is 0 Å². The second-order valence-corrected chi connectivity index (χ2v) is 5.86. The number of benzene rings is 1. The number of ether oxygens (including phenoxy) is 2. The maximum atomic E-state index is 6.06. The van der Waals surface area contributed by atoms with Gasteiger partial charge in [-0.1, -0.05) is 12.1 Å². The molecule has 0 amide bonds. The summed E-state index contributed by atoms with van der Waals surface area (Å²) < 4.78 is 11.9. The van der Waals surface area contributed by atoms with Gasteiger partial charge in [0.25, 0.3) is 0 Å². The number of anilines is 1. The van der Waals surface area contributed by atoms with E-state index in [2.05, 4.69) is 30.4 Å². The van der Waals surface area contributed by atoms with Crippen LogP contribution in [0, 0.1) is 0 Å². The van der Waals surface area contributed by atoms with Crippen molar-refractivity contribution in [2.24, 2.45) is 0 Å². The van der Waals surface area contributed by atoms with Crippen LogP contribution in [0.4, 0.5) is 5.69 Å². The maximum absolute atomic E-state index is 6.06. The van der Waals surface area contributed by atoms with E-state index in [1.54, 1.807) is 0 Å². The highest BCUT2D eigenvalue weighted by Gasteiger charge is 2.29. The van der Waals surface area contributed by atoms with Crippen molar-refractivity contribution in [3.63, 3.8) is 0 Å². The average molecular weight is 261 g/mol. The van der Waals surface area contributed by atoms with Crippen molar-refractivity contribution in [2.75, 3.05) is 25.1 Å². The Labute approximate surface area is 115 Å². The summed E-state index contributed by atoms with van der Waals surface area (Å²) in [5, 5.41) is 3.47. The Hall–Kier alpha value is -1.22. The summed E-state index contributed by atoms with van der Waals surface area (Å²) in [5.74, 6) is 0.979. The van der Waals surface area contributed by atoms with E-state index in [1.165, 1.54) is 30.5 Å². The third kappa shape index (κ3) is 2.86. The second-order valence-electron chi connectivity index (χ2n) is 5.86. The molecule has 1 saturated heterocycles. The molecule has 1 fully saturated rings. The smallest absolute Gasteiger partial charge is 0.142 e. The third-order valence-corrected chi connectivity index (χ3v) is 4.12. The number of nitrogens with one attached hydrogen (secondary N) is 1. The van der Waals surface area contributed by atoms with E-state index in [0.29, 0.717) is 6.61 Å². The van der Waals surface area contributed by atoms with Crippen LogP contribution in [0.25, 0.3) is 0 Å². The zero-order valence-corrected chi connectivity index (χ0v) is 11.7. The highest BCUT2D eigenvalue weighted by atomic mass is 16.5. The molecule has 2 aliphatic rings. The first-order valence-corrected chi connectivity index (χ1v) is 7.39. The SMILES string of the molecule is CC1(COc2cccc3c2NCCC3)CCCCO1. The summed E-state index contributed by atoms with van der Waals surface area (Å²) in [7, 11) is 0. The van der Waals surface area contributed by atoms with E-state index < -0.39 is 0 Å². The van der Waals surface area contributed by atoms with Crippen molar-refractivity contribution >= 4 is 5.69 Å². The minimum Gasteiger partial charge on any atom is -0.488 e. The molecule has 1 aromatic rings. The largest absolute Gasteiger partial charge is 0.488 e. The van der Waals surface area contributed by atoms with Crippen LogP contribution in [-0.4, -0.2) is 25.4 Å². The number of para-hydroxylation sites is 1. The minimum absolute atomic E-state index is 0.115. The lowest BCUT2D eigenvalue weighted by molar-refractivity contribution is -0.0887. The van der Waals surface area contributed by atoms with Gasteiger partial charge in [-0.15, -0.1) is 0 Å². The molecule has 0 aromatic heterocycles. The fourth-order valence-corrected chi connectivity index (χ4v) is 2.93. The molecular formula is C16H23NO2. The molecule has 1 aromatic carbocycles. The molecule has 0 radical (unpaired) electrons. The molecule has 0 saturated carbocycles. The number of aryl methyl sites for hydroxylation is 1. The normalized spacial score (nSPS) is 26.4. The van der Waals surface area contributed by atoms with Gasteiger partial charge in [0.1, 0.15) is 12.4 Å². The summed E-state index contributed by atoms with van der Waals surface area (Å²) in [6.07, 6.45) is 5.86. The van der Waals surface area contributed by atoms with Gasteiger partial charge in [-0.2, -0.15) is 0 Å². The summed E-state index contributed by atoms with van der Waals surface area (Å²) in [4.78, 5) is 0. The Kier molecular flexibility index (Phi) is 3.65. The van der Waals surface area contributed by atoms with E-state index in [1.807, 2.05) is 0 Å². The summed E-state index contributed by atoms with van der Waals surface area (Å²) in [6.45, 7) is 4.71. The first kappa shape index (κ1) is 12.8. The number of rotatable bonds is 3. The first-order valence-electron chi connectivity index (χ1n) is 7.39. The molecule has 1 unspecified atom stereocenters. The van der Waals surface area contributed by atoms with E-state index in [9.17, 15) is 0 Å². The predicted octanol–water partition coefficient (Wildman–Crippen LogP) is 3.38. The van der Waals surface area contributed by atoms with Gasteiger partial charge >= 0.3 is 0 Å². The van der Waals surface area contributed by atoms with Gasteiger partial charge in [-0.25, -0.2) is 0 Å². The molecule has 0 aliphatic carbocycles. The van der Waals surface area contributed by atoms with E-state index in [-0.39, 0.29) is 5.60 Å². The van der Waals surface area contributed by atoms with Gasteiger partial charge in [-0.3, -0.25) is 0 Å². The topological polar surface area (TPSA) is 30.5 Å². The second kappa shape index (κ2) is 5.41. The minimum atomic E-state index is -0.115. The zero-order valence-electron chi connectivity index (χ0n) is 11.7. The standard InChI is InChI=1S/C16H23NO2/c1-16(9-2-3-11-19-16)12-18-14-8-4-6-13-7-5-10-17-15(13)14/h4,6,8,17H,2-3,5,7,9-12H2,1H3. The van der Waals surface area contributed by atoms with Gasteiger partial charge in [0, 0.05) is 13.2 Å². The molecule has 3 rings (SSSR count). The summed E-state index contributed by atoms with van der Waals surface area (Å²) >= 11 is 0. The van der Waals surface area contributed by atoms with Crippen LogP contribution in [0.2, 0.25) is 0 Å². The molecule has 19 heavy (non-hydrogen) atoms. The Morgan fingerprint density at radius 3 is 3.11 bits per heavy atom. The maximum Gasteiger partial charge on any atom is 0.142 e. The van der Waals surface area contributed by atoms with Crippen LogP contribution in [0.1, 0.15) is 38.2 Å². The Bertz CT molecular complexity index is 438. The number of hydrogen-bond acceptors (Lipinski definition) is 3. The Morgan fingerprint density at radius 2 is 2.26 bits per heavy atom. The lowest BCUT2D eigenvalue weighted by atomic mass is 9.97. The van der Waals surface area contributed by atoms with E-state index >= 15 is 0 Å². The summed E-state index contributed by atoms with van der Waals surface area (Å²) in [6, 6.07) is 6.34. The van der Waals surface area contributed by atoms with Gasteiger partial charge in [-0.05, 0) is 50.7 Å². The van der Waals surface area contributed by atoms with Crippen LogP contribution in [-0.2, 0) is 11.2 Å². The molecule has 0 bridgehead atoms. The van der Waals surface area contributed by atoms with Crippen molar-refractivity contribution in [1.82, 2.24) is 0 Å². The first-order chi connectivity index (χ1) is 9.27. The van der Waals surface area contributed by atoms with Crippen molar-refractivity contribution in [1.29, 1.82) is 0 Å². The third-order valence-electron chi connectivity index (χ3n) is 4.12. The zero-order chi connectivity index (χ0) is 13.1. The predicted molar refractivity (Wildman–Crippen MR) is 77.0 cm³/mol. The highest BCUT2D eigenvalue weighted by molar-refractivity contribution is 5.63. The van der Waals surface area contributed by atoms with E-state index in [4.69, 9.17) is 9.47 Å². The molecule has 1 atom stereocenters. The molecule has 1 N–H and O–H groups in total. The quantitative estimate of drug-likeness (QED) is 0.904. The van der Waals surface area contributed by atoms with E-state index in [0.717, 1.165) is 31.7 Å². The van der Waals surface area contributed by atoms with Crippen LogP contribution in [0.5, 0.6) is 5.75 Å². The van der Waals surface area contributed by atoms with Crippen LogP contribution in [0.3, 0.4) is 0 Å². The lowest BCUT2D eigenvalue weighted by Gasteiger charge is -2.34. The Balaban J connectivity index is 1.69. The van der Waals surface area contributed by atoms with Crippen LogP contribution < -0.4 is 10.1 Å². The molecule has 0 spiro atoms. The van der Waals surface area contributed by atoms with Crippen molar-refractivity contribution < 1.29 is 9.47 Å². The fraction of sp³-hybridized carbons (Fsp3) is 0.625. The number of fused-ring (bicyclic) bond motifs is 1.